The Kier molecular flexibility index (Phi) is 5.67. The lowest BCUT2D eigenvalue weighted by atomic mass is 9.48. The molecule has 3 aromatic rings. The summed E-state index contributed by atoms with van der Waals surface area (Å²) >= 11 is 0. The summed E-state index contributed by atoms with van der Waals surface area (Å²) in [4.78, 5) is 11.7. The molecule has 4 bridgehead atoms. The zero-order valence-corrected chi connectivity index (χ0v) is 21.0. The molecule has 0 spiro atoms. The molecule has 6 heteroatoms. The van der Waals surface area contributed by atoms with Crippen LogP contribution in [0.4, 0.5) is 11.4 Å². The SMILES string of the molecule is O=C(O)c1ccccc1Nc1ccc(S(=O)(=O)Cc2ccc(C34CC5CC(CC(C5)C3)C4)cc2)cc1. The van der Waals surface area contributed by atoms with Crippen molar-refractivity contribution in [3.63, 3.8) is 0 Å². The topological polar surface area (TPSA) is 83.5 Å². The molecule has 186 valence electrons. The zero-order chi connectivity index (χ0) is 24.9. The number of para-hydroxylation sites is 1. The van der Waals surface area contributed by atoms with Crippen molar-refractivity contribution in [2.24, 2.45) is 17.8 Å². The first-order valence-corrected chi connectivity index (χ1v) is 14.5. The van der Waals surface area contributed by atoms with Gasteiger partial charge in [0.1, 0.15) is 0 Å². The molecular weight excluding hydrogens is 470 g/mol. The molecule has 0 unspecified atom stereocenters. The van der Waals surface area contributed by atoms with Gasteiger partial charge in [-0.2, -0.15) is 0 Å². The van der Waals surface area contributed by atoms with Gasteiger partial charge in [-0.05, 0) is 109 Å². The highest BCUT2D eigenvalue weighted by atomic mass is 32.2. The van der Waals surface area contributed by atoms with Crippen LogP contribution in [0, 0.1) is 17.8 Å². The molecule has 36 heavy (non-hydrogen) atoms. The fourth-order valence-electron chi connectivity index (χ4n) is 7.40. The van der Waals surface area contributed by atoms with Gasteiger partial charge in [0.2, 0.25) is 0 Å². The highest BCUT2D eigenvalue weighted by Gasteiger charge is 2.51. The van der Waals surface area contributed by atoms with Gasteiger partial charge in [0, 0.05) is 5.69 Å². The van der Waals surface area contributed by atoms with Crippen LogP contribution in [0.1, 0.15) is 60.0 Å². The Labute approximate surface area is 212 Å². The molecule has 4 fully saturated rings. The molecule has 0 atom stereocenters. The minimum Gasteiger partial charge on any atom is -0.478 e. The normalized spacial score (nSPS) is 26.6. The third kappa shape index (κ3) is 4.32. The van der Waals surface area contributed by atoms with Crippen LogP contribution in [0.15, 0.2) is 77.7 Å². The van der Waals surface area contributed by atoms with Crippen molar-refractivity contribution in [3.05, 3.63) is 89.5 Å². The van der Waals surface area contributed by atoms with Gasteiger partial charge >= 0.3 is 5.97 Å². The second-order valence-corrected chi connectivity index (χ2v) is 13.1. The van der Waals surface area contributed by atoms with Gasteiger partial charge < -0.3 is 10.4 Å². The minimum atomic E-state index is -3.50. The first-order valence-electron chi connectivity index (χ1n) is 12.8. The van der Waals surface area contributed by atoms with Crippen molar-refractivity contribution in [1.29, 1.82) is 0 Å². The van der Waals surface area contributed by atoms with E-state index in [4.69, 9.17) is 0 Å². The maximum absolute atomic E-state index is 13.1. The number of sulfone groups is 1. The molecular formula is C30H31NO4S. The Morgan fingerprint density at radius 1 is 0.833 bits per heavy atom. The average molecular weight is 502 g/mol. The fourth-order valence-corrected chi connectivity index (χ4v) is 8.75. The van der Waals surface area contributed by atoms with E-state index in [9.17, 15) is 18.3 Å². The molecule has 0 heterocycles. The van der Waals surface area contributed by atoms with Gasteiger partial charge in [0.15, 0.2) is 9.84 Å². The quantitative estimate of drug-likeness (QED) is 0.383. The summed E-state index contributed by atoms with van der Waals surface area (Å²) in [5.41, 5.74) is 3.77. The summed E-state index contributed by atoms with van der Waals surface area (Å²) in [6, 6.07) is 21.5. The number of carboxylic acid groups (broad SMARTS) is 1. The minimum absolute atomic E-state index is 0.0389. The number of hydrogen-bond acceptors (Lipinski definition) is 4. The van der Waals surface area contributed by atoms with E-state index in [1.807, 2.05) is 12.1 Å². The van der Waals surface area contributed by atoms with Crippen molar-refractivity contribution in [1.82, 2.24) is 0 Å². The lowest BCUT2D eigenvalue weighted by Crippen LogP contribution is -2.48. The van der Waals surface area contributed by atoms with E-state index < -0.39 is 15.8 Å². The Bertz CT molecular complexity index is 1360. The van der Waals surface area contributed by atoms with E-state index >= 15 is 0 Å². The number of carbonyl (C=O) groups is 1. The average Bonchev–Trinajstić information content (AvgIpc) is 2.84. The van der Waals surface area contributed by atoms with E-state index in [1.165, 1.54) is 50.2 Å². The molecule has 7 rings (SSSR count). The van der Waals surface area contributed by atoms with Gasteiger partial charge in [0.05, 0.1) is 21.9 Å². The Morgan fingerprint density at radius 3 is 2.00 bits per heavy atom. The van der Waals surface area contributed by atoms with Gasteiger partial charge in [-0.15, -0.1) is 0 Å². The molecule has 4 aliphatic rings. The number of hydrogen-bond donors (Lipinski definition) is 2. The van der Waals surface area contributed by atoms with Crippen LogP contribution >= 0.6 is 0 Å². The summed E-state index contributed by atoms with van der Waals surface area (Å²) in [6.07, 6.45) is 8.14. The van der Waals surface area contributed by atoms with E-state index in [1.54, 1.807) is 42.5 Å². The molecule has 4 saturated carbocycles. The molecule has 0 aliphatic heterocycles. The van der Waals surface area contributed by atoms with E-state index in [0.717, 1.165) is 23.3 Å². The number of anilines is 2. The van der Waals surface area contributed by atoms with Crippen molar-refractivity contribution in [3.8, 4) is 0 Å². The molecule has 0 radical (unpaired) electrons. The Morgan fingerprint density at radius 2 is 1.42 bits per heavy atom. The summed E-state index contributed by atoms with van der Waals surface area (Å²) in [7, 11) is -3.50. The molecule has 0 amide bonds. The smallest absolute Gasteiger partial charge is 0.337 e. The van der Waals surface area contributed by atoms with Crippen molar-refractivity contribution < 1.29 is 18.3 Å². The van der Waals surface area contributed by atoms with Gasteiger partial charge in [-0.25, -0.2) is 13.2 Å². The monoisotopic (exact) mass is 501 g/mol. The van der Waals surface area contributed by atoms with Gasteiger partial charge in [-0.3, -0.25) is 0 Å². The summed E-state index contributed by atoms with van der Waals surface area (Å²) in [6.45, 7) is 0. The van der Waals surface area contributed by atoms with Crippen molar-refractivity contribution >= 4 is 27.2 Å². The molecule has 5 nitrogen and oxygen atoms in total. The summed E-state index contributed by atoms with van der Waals surface area (Å²) in [5.74, 6) is 1.58. The van der Waals surface area contributed by atoms with Crippen LogP contribution in [0.25, 0.3) is 0 Å². The highest BCUT2D eigenvalue weighted by molar-refractivity contribution is 7.90. The Balaban J connectivity index is 1.16. The third-order valence-electron chi connectivity index (χ3n) is 8.61. The predicted octanol–water partition coefficient (Wildman–Crippen LogP) is 6.57. The standard InChI is InChI=1S/C30H31NO4S/c32-29(33)27-3-1-2-4-28(27)31-25-9-11-26(12-10-25)36(34,35)19-20-5-7-24(8-6-20)30-16-21-13-22(17-30)15-23(14-21)18-30/h1-12,21-23,31H,13-19H2,(H,32,33). The van der Waals surface area contributed by atoms with Crippen LogP contribution in [0.5, 0.6) is 0 Å². The zero-order valence-electron chi connectivity index (χ0n) is 20.2. The highest BCUT2D eigenvalue weighted by Crippen LogP contribution is 2.60. The fraction of sp³-hybridized carbons (Fsp3) is 0.367. The molecule has 0 aromatic heterocycles. The predicted molar refractivity (Wildman–Crippen MR) is 140 cm³/mol. The maximum atomic E-state index is 13.1. The van der Waals surface area contributed by atoms with Crippen LogP contribution in [-0.4, -0.2) is 19.5 Å². The Hall–Kier alpha value is -3.12. The van der Waals surface area contributed by atoms with Crippen LogP contribution in [0.3, 0.4) is 0 Å². The lowest BCUT2D eigenvalue weighted by Gasteiger charge is -2.57. The second-order valence-electron chi connectivity index (χ2n) is 11.2. The number of aromatic carboxylic acids is 1. The third-order valence-corrected chi connectivity index (χ3v) is 10.3. The lowest BCUT2D eigenvalue weighted by molar-refractivity contribution is -0.00519. The maximum Gasteiger partial charge on any atom is 0.337 e. The molecule has 3 aromatic carbocycles. The molecule has 0 saturated heterocycles. The van der Waals surface area contributed by atoms with E-state index in [-0.39, 0.29) is 16.2 Å². The first kappa shape index (κ1) is 23.3. The van der Waals surface area contributed by atoms with Crippen LogP contribution < -0.4 is 5.32 Å². The number of nitrogens with one attached hydrogen (secondary N) is 1. The number of rotatable bonds is 7. The summed E-state index contributed by atoms with van der Waals surface area (Å²) in [5, 5.41) is 12.4. The largest absolute Gasteiger partial charge is 0.478 e. The summed E-state index contributed by atoms with van der Waals surface area (Å²) < 4.78 is 26.2. The van der Waals surface area contributed by atoms with Crippen molar-refractivity contribution in [2.75, 3.05) is 5.32 Å². The van der Waals surface area contributed by atoms with E-state index in [0.29, 0.717) is 16.8 Å². The van der Waals surface area contributed by atoms with E-state index in [2.05, 4.69) is 17.4 Å². The number of benzene rings is 3. The number of carboxylic acids is 1. The molecule has 4 aliphatic carbocycles. The van der Waals surface area contributed by atoms with Gasteiger partial charge in [-0.1, -0.05) is 36.4 Å². The first-order chi connectivity index (χ1) is 17.3. The van der Waals surface area contributed by atoms with Gasteiger partial charge in [0.25, 0.3) is 0 Å². The van der Waals surface area contributed by atoms with Crippen molar-refractivity contribution in [2.45, 2.75) is 54.6 Å². The van der Waals surface area contributed by atoms with Crippen LogP contribution in [-0.2, 0) is 21.0 Å². The second kappa shape index (κ2) is 8.77. The molecule has 2 N–H and O–H groups in total. The van der Waals surface area contributed by atoms with Crippen LogP contribution in [0.2, 0.25) is 0 Å².